The van der Waals surface area contributed by atoms with E-state index in [-0.39, 0.29) is 34.1 Å². The highest BCUT2D eigenvalue weighted by Crippen LogP contribution is 2.26. The quantitative estimate of drug-likeness (QED) is 0.819. The summed E-state index contributed by atoms with van der Waals surface area (Å²) in [5, 5.41) is 0. The molecule has 2 N–H and O–H groups in total. The average molecular weight is 340 g/mol. The van der Waals surface area contributed by atoms with Crippen LogP contribution >= 0.6 is 0 Å². The predicted octanol–water partition coefficient (Wildman–Crippen LogP) is 2.75. The Kier molecular flexibility index (Phi) is 4.74. The maximum atomic E-state index is 13.7. The molecule has 0 aliphatic heterocycles. The van der Waals surface area contributed by atoms with E-state index in [1.165, 1.54) is 32.0 Å². The van der Waals surface area contributed by atoms with E-state index in [1.54, 1.807) is 6.92 Å². The Hall–Kier alpha value is -2.35. The van der Waals surface area contributed by atoms with Crippen molar-refractivity contribution in [1.29, 1.82) is 0 Å². The molecule has 0 unspecified atom stereocenters. The lowest BCUT2D eigenvalue weighted by atomic mass is 10.2. The number of sulfonamides is 1. The van der Waals surface area contributed by atoms with E-state index in [1.807, 2.05) is 0 Å². The minimum Gasteiger partial charge on any atom is -0.461 e. The van der Waals surface area contributed by atoms with Crippen molar-refractivity contribution in [3.63, 3.8) is 0 Å². The van der Waals surface area contributed by atoms with Gasteiger partial charge in [0.25, 0.3) is 10.0 Å². The highest BCUT2D eigenvalue weighted by molar-refractivity contribution is 7.92. The second-order valence-electron chi connectivity index (χ2n) is 4.88. The van der Waals surface area contributed by atoms with E-state index in [2.05, 4.69) is 9.71 Å². The molecule has 0 radical (unpaired) electrons. The monoisotopic (exact) mass is 340 g/mol. The number of esters is 1. The smallest absolute Gasteiger partial charge is 0.355 e. The van der Waals surface area contributed by atoms with Gasteiger partial charge in [-0.2, -0.15) is 0 Å². The summed E-state index contributed by atoms with van der Waals surface area (Å²) >= 11 is 0. The van der Waals surface area contributed by atoms with Crippen LogP contribution in [0.3, 0.4) is 0 Å². The molecule has 0 spiro atoms. The topological polar surface area (TPSA) is 88.3 Å². The van der Waals surface area contributed by atoms with Gasteiger partial charge in [0.15, 0.2) is 0 Å². The lowest BCUT2D eigenvalue weighted by molar-refractivity contribution is 0.0519. The van der Waals surface area contributed by atoms with Gasteiger partial charge in [0.2, 0.25) is 0 Å². The number of aromatic amines is 1. The zero-order chi connectivity index (χ0) is 17.2. The standard InChI is InChI=1S/C15H17FN2O4S/c1-4-22-15(19)13-9(2)14(10(3)17-13)23(20,21)18-12-8-6-5-7-11(12)16/h5-8,17-18H,4H2,1-3H3. The van der Waals surface area contributed by atoms with Crippen LogP contribution in [-0.4, -0.2) is 26.0 Å². The van der Waals surface area contributed by atoms with Gasteiger partial charge >= 0.3 is 5.97 Å². The van der Waals surface area contributed by atoms with Crippen LogP contribution in [0.25, 0.3) is 0 Å². The summed E-state index contributed by atoms with van der Waals surface area (Å²) in [6.45, 7) is 4.84. The first kappa shape index (κ1) is 17.0. The maximum Gasteiger partial charge on any atom is 0.355 e. The van der Waals surface area contributed by atoms with Crippen molar-refractivity contribution >= 4 is 21.7 Å². The number of halogens is 1. The van der Waals surface area contributed by atoms with Gasteiger partial charge in [0.05, 0.1) is 12.3 Å². The van der Waals surface area contributed by atoms with Gasteiger partial charge in [-0.25, -0.2) is 17.6 Å². The summed E-state index contributed by atoms with van der Waals surface area (Å²) in [7, 11) is -4.05. The van der Waals surface area contributed by atoms with Crippen molar-refractivity contribution in [2.45, 2.75) is 25.7 Å². The van der Waals surface area contributed by atoms with Crippen LogP contribution in [0.5, 0.6) is 0 Å². The fourth-order valence-electron chi connectivity index (χ4n) is 2.28. The normalized spacial score (nSPS) is 11.3. The second-order valence-corrected chi connectivity index (χ2v) is 6.50. The van der Waals surface area contributed by atoms with Gasteiger partial charge in [0, 0.05) is 11.3 Å². The molecular formula is C15H17FN2O4S. The van der Waals surface area contributed by atoms with E-state index in [0.717, 1.165) is 6.07 Å². The number of aryl methyl sites for hydroxylation is 1. The number of hydrogen-bond acceptors (Lipinski definition) is 4. The van der Waals surface area contributed by atoms with E-state index < -0.39 is 21.8 Å². The number of rotatable bonds is 5. The minimum absolute atomic E-state index is 0.0678. The molecule has 1 aromatic heterocycles. The summed E-state index contributed by atoms with van der Waals surface area (Å²) in [6, 6.07) is 5.44. The largest absolute Gasteiger partial charge is 0.461 e. The first-order valence-electron chi connectivity index (χ1n) is 6.91. The molecule has 0 atom stereocenters. The number of carbonyl (C=O) groups excluding carboxylic acids is 1. The van der Waals surface area contributed by atoms with Crippen molar-refractivity contribution in [2.75, 3.05) is 11.3 Å². The summed E-state index contributed by atoms with van der Waals surface area (Å²) in [5.74, 6) is -1.33. The average Bonchev–Trinajstić information content (AvgIpc) is 2.77. The van der Waals surface area contributed by atoms with Crippen molar-refractivity contribution in [3.8, 4) is 0 Å². The van der Waals surface area contributed by atoms with Crippen LogP contribution in [0.1, 0.15) is 28.7 Å². The van der Waals surface area contributed by atoms with Gasteiger partial charge in [-0.1, -0.05) is 12.1 Å². The molecule has 1 aromatic carbocycles. The number of hydrogen-bond donors (Lipinski definition) is 2. The molecule has 6 nitrogen and oxygen atoms in total. The highest BCUT2D eigenvalue weighted by Gasteiger charge is 2.27. The maximum absolute atomic E-state index is 13.7. The number of carbonyl (C=O) groups is 1. The summed E-state index contributed by atoms with van der Waals surface area (Å²) in [5.41, 5.74) is 0.405. The van der Waals surface area contributed by atoms with Crippen molar-refractivity contribution in [2.24, 2.45) is 0 Å². The van der Waals surface area contributed by atoms with Gasteiger partial charge in [-0.05, 0) is 32.9 Å². The van der Waals surface area contributed by atoms with E-state index in [9.17, 15) is 17.6 Å². The van der Waals surface area contributed by atoms with E-state index in [4.69, 9.17) is 4.74 Å². The number of para-hydroxylation sites is 1. The Balaban J connectivity index is 2.45. The van der Waals surface area contributed by atoms with Gasteiger partial charge < -0.3 is 9.72 Å². The third-order valence-electron chi connectivity index (χ3n) is 3.24. The Labute approximate surface area is 133 Å². The fraction of sp³-hybridized carbons (Fsp3) is 0.267. The molecule has 23 heavy (non-hydrogen) atoms. The molecule has 0 saturated heterocycles. The molecule has 0 amide bonds. The van der Waals surface area contributed by atoms with Crippen LogP contribution in [-0.2, 0) is 14.8 Å². The van der Waals surface area contributed by atoms with E-state index >= 15 is 0 Å². The molecule has 1 heterocycles. The molecule has 8 heteroatoms. The molecule has 0 saturated carbocycles. The molecular weight excluding hydrogens is 323 g/mol. The Morgan fingerprint density at radius 3 is 2.57 bits per heavy atom. The summed E-state index contributed by atoms with van der Waals surface area (Å²) < 4.78 is 45.8. The van der Waals surface area contributed by atoms with Crippen LogP contribution < -0.4 is 4.72 Å². The number of nitrogens with one attached hydrogen (secondary N) is 2. The van der Waals surface area contributed by atoms with Crippen LogP contribution in [0.15, 0.2) is 29.2 Å². The summed E-state index contributed by atoms with van der Waals surface area (Å²) in [6.07, 6.45) is 0. The Morgan fingerprint density at radius 2 is 1.96 bits per heavy atom. The first-order chi connectivity index (χ1) is 10.8. The number of benzene rings is 1. The van der Waals surface area contributed by atoms with Gasteiger partial charge in [0.1, 0.15) is 16.4 Å². The van der Waals surface area contributed by atoms with E-state index in [0.29, 0.717) is 0 Å². The third kappa shape index (κ3) is 3.37. The van der Waals surface area contributed by atoms with Gasteiger partial charge in [-0.3, -0.25) is 4.72 Å². The zero-order valence-electron chi connectivity index (χ0n) is 12.9. The number of ether oxygens (including phenoxy) is 1. The molecule has 0 bridgehead atoms. The summed E-state index contributed by atoms with van der Waals surface area (Å²) in [4.78, 5) is 14.5. The van der Waals surface area contributed by atoms with Crippen molar-refractivity contribution < 1.29 is 22.3 Å². The zero-order valence-corrected chi connectivity index (χ0v) is 13.8. The Bertz CT molecular complexity index is 843. The molecule has 2 rings (SSSR count). The molecule has 0 aliphatic carbocycles. The SMILES string of the molecule is CCOC(=O)c1[nH]c(C)c(S(=O)(=O)Nc2ccccc2F)c1C. The van der Waals surface area contributed by atoms with Crippen LogP contribution in [0.4, 0.5) is 10.1 Å². The van der Waals surface area contributed by atoms with Crippen LogP contribution in [0.2, 0.25) is 0 Å². The molecule has 124 valence electrons. The fourth-order valence-corrected chi connectivity index (χ4v) is 3.80. The first-order valence-corrected chi connectivity index (χ1v) is 8.40. The minimum atomic E-state index is -4.05. The lowest BCUT2D eigenvalue weighted by Gasteiger charge is -2.09. The predicted molar refractivity (Wildman–Crippen MR) is 83.4 cm³/mol. The number of H-pyrrole nitrogens is 1. The van der Waals surface area contributed by atoms with Gasteiger partial charge in [-0.15, -0.1) is 0 Å². The highest BCUT2D eigenvalue weighted by atomic mass is 32.2. The number of aromatic nitrogens is 1. The Morgan fingerprint density at radius 1 is 1.30 bits per heavy atom. The second kappa shape index (κ2) is 6.41. The molecule has 0 fully saturated rings. The van der Waals surface area contributed by atoms with Crippen molar-refractivity contribution in [1.82, 2.24) is 4.98 Å². The molecule has 2 aromatic rings. The lowest BCUT2D eigenvalue weighted by Crippen LogP contribution is -2.15. The van der Waals surface area contributed by atoms with Crippen LogP contribution in [0, 0.1) is 19.7 Å². The third-order valence-corrected chi connectivity index (χ3v) is 4.87. The molecule has 0 aliphatic rings. The number of anilines is 1. The van der Waals surface area contributed by atoms with Crippen molar-refractivity contribution in [3.05, 3.63) is 47.0 Å².